The van der Waals surface area contributed by atoms with Gasteiger partial charge >= 0.3 is 0 Å². The highest BCUT2D eigenvalue weighted by atomic mass is 32.1. The lowest BCUT2D eigenvalue weighted by Crippen LogP contribution is -2.37. The fourth-order valence-electron chi connectivity index (χ4n) is 1.41. The molecule has 1 heterocycles. The highest BCUT2D eigenvalue weighted by molar-refractivity contribution is 7.09. The second-order valence-electron chi connectivity index (χ2n) is 4.19. The van der Waals surface area contributed by atoms with Crippen LogP contribution in [-0.2, 0) is 11.2 Å². The maximum Gasteiger partial charge on any atom is 0.271 e. The smallest absolute Gasteiger partial charge is 0.271 e. The van der Waals surface area contributed by atoms with Crippen LogP contribution in [0, 0.1) is 0 Å². The van der Waals surface area contributed by atoms with Crippen LogP contribution >= 0.6 is 11.3 Å². The maximum atomic E-state index is 11.7. The van der Waals surface area contributed by atoms with Crippen LogP contribution in [-0.4, -0.2) is 35.9 Å². The molecule has 0 atom stereocenters. The van der Waals surface area contributed by atoms with Gasteiger partial charge in [0.25, 0.3) is 5.91 Å². The monoisotopic (exact) mass is 268 g/mol. The predicted octanol–water partition coefficient (Wildman–Crippen LogP) is -0.347. The van der Waals surface area contributed by atoms with Gasteiger partial charge in [0.2, 0.25) is 5.91 Å². The van der Waals surface area contributed by atoms with E-state index >= 15 is 0 Å². The lowest BCUT2D eigenvalue weighted by molar-refractivity contribution is -0.120. The third kappa shape index (κ3) is 3.78. The average Bonchev–Trinajstić information content (AvgIpc) is 3.03. The van der Waals surface area contributed by atoms with Crippen molar-refractivity contribution in [1.82, 2.24) is 15.6 Å². The van der Waals surface area contributed by atoms with Gasteiger partial charge < -0.3 is 16.4 Å². The molecule has 1 aliphatic rings. The molecule has 1 aliphatic carbocycles. The van der Waals surface area contributed by atoms with Crippen molar-refractivity contribution in [2.75, 3.05) is 13.1 Å². The van der Waals surface area contributed by atoms with Crippen molar-refractivity contribution < 1.29 is 9.59 Å². The molecular formula is C11H16N4O2S. The quantitative estimate of drug-likeness (QED) is 0.657. The van der Waals surface area contributed by atoms with E-state index in [-0.39, 0.29) is 18.4 Å². The van der Waals surface area contributed by atoms with Crippen molar-refractivity contribution in [2.24, 2.45) is 5.73 Å². The summed E-state index contributed by atoms with van der Waals surface area (Å²) < 4.78 is 0. The van der Waals surface area contributed by atoms with E-state index in [1.54, 1.807) is 5.38 Å². The van der Waals surface area contributed by atoms with E-state index < -0.39 is 0 Å². The van der Waals surface area contributed by atoms with Gasteiger partial charge in [-0.3, -0.25) is 9.59 Å². The van der Waals surface area contributed by atoms with Gasteiger partial charge in [-0.25, -0.2) is 4.98 Å². The summed E-state index contributed by atoms with van der Waals surface area (Å²) in [4.78, 5) is 27.2. The van der Waals surface area contributed by atoms with Crippen LogP contribution in [0.5, 0.6) is 0 Å². The molecule has 7 heteroatoms. The van der Waals surface area contributed by atoms with Crippen molar-refractivity contribution in [3.63, 3.8) is 0 Å². The van der Waals surface area contributed by atoms with E-state index in [2.05, 4.69) is 15.6 Å². The fraction of sp³-hybridized carbons (Fsp3) is 0.545. The van der Waals surface area contributed by atoms with Crippen LogP contribution in [0.2, 0.25) is 0 Å². The Morgan fingerprint density at radius 2 is 2.28 bits per heavy atom. The Bertz CT molecular complexity index is 442. The Balaban J connectivity index is 1.77. The second kappa shape index (κ2) is 5.92. The summed E-state index contributed by atoms with van der Waals surface area (Å²) in [6, 6.07) is 0.310. The summed E-state index contributed by atoms with van der Waals surface area (Å²) >= 11 is 1.40. The number of nitrogens with zero attached hydrogens (tertiary/aromatic N) is 1. The van der Waals surface area contributed by atoms with Gasteiger partial charge in [-0.15, -0.1) is 11.3 Å². The Morgan fingerprint density at radius 1 is 1.50 bits per heavy atom. The summed E-state index contributed by atoms with van der Waals surface area (Å²) in [5, 5.41) is 7.87. The lowest BCUT2D eigenvalue weighted by Gasteiger charge is -2.04. The number of aromatic nitrogens is 1. The van der Waals surface area contributed by atoms with Crippen LogP contribution < -0.4 is 16.4 Å². The summed E-state index contributed by atoms with van der Waals surface area (Å²) in [7, 11) is 0. The highest BCUT2D eigenvalue weighted by Gasteiger charge is 2.23. The van der Waals surface area contributed by atoms with Crippen LogP contribution in [0.15, 0.2) is 5.38 Å². The maximum absolute atomic E-state index is 11.7. The van der Waals surface area contributed by atoms with Gasteiger partial charge in [0.15, 0.2) is 0 Å². The van der Waals surface area contributed by atoms with Crippen molar-refractivity contribution in [3.8, 4) is 0 Å². The molecule has 98 valence electrons. The van der Waals surface area contributed by atoms with E-state index in [4.69, 9.17) is 5.73 Å². The second-order valence-corrected chi connectivity index (χ2v) is 5.13. The highest BCUT2D eigenvalue weighted by Crippen LogP contribution is 2.18. The number of hydrogen-bond donors (Lipinski definition) is 3. The number of carbonyl (C=O) groups excluding carboxylic acids is 2. The van der Waals surface area contributed by atoms with Crippen LogP contribution in [0.1, 0.15) is 28.3 Å². The first-order valence-corrected chi connectivity index (χ1v) is 6.79. The number of rotatable bonds is 6. The minimum atomic E-state index is -0.319. The molecule has 0 aromatic carbocycles. The molecule has 1 aromatic heterocycles. The summed E-state index contributed by atoms with van der Waals surface area (Å²) in [6.07, 6.45) is 2.74. The Morgan fingerprint density at radius 3 is 2.94 bits per heavy atom. The molecule has 0 unspecified atom stereocenters. The van der Waals surface area contributed by atoms with E-state index in [1.807, 2.05) is 0 Å². The molecule has 0 radical (unpaired) electrons. The Labute approximate surface area is 109 Å². The number of nitrogens with two attached hydrogens (primary N) is 1. The molecule has 18 heavy (non-hydrogen) atoms. The first kappa shape index (κ1) is 13.0. The molecule has 1 saturated carbocycles. The number of amides is 2. The molecular weight excluding hydrogens is 252 g/mol. The molecule has 0 saturated heterocycles. The molecule has 2 amide bonds. The summed E-state index contributed by atoms with van der Waals surface area (Å²) in [6.45, 7) is 0.511. The zero-order chi connectivity index (χ0) is 13.0. The summed E-state index contributed by atoms with van der Waals surface area (Å²) in [5.74, 6) is -0.469. The van der Waals surface area contributed by atoms with E-state index in [9.17, 15) is 9.59 Å². The SMILES string of the molecule is NCCc1nc(C(=O)NCC(=O)NC2CC2)cs1. The zero-order valence-electron chi connectivity index (χ0n) is 9.94. The standard InChI is InChI=1S/C11H16N4O2S/c12-4-3-10-15-8(6-18-10)11(17)13-5-9(16)14-7-1-2-7/h6-7H,1-5,12H2,(H,13,17)(H,14,16). The Hall–Kier alpha value is -1.47. The molecule has 1 fully saturated rings. The van der Waals surface area contributed by atoms with Gasteiger partial charge in [0.05, 0.1) is 11.6 Å². The minimum Gasteiger partial charge on any atom is -0.352 e. The fourth-order valence-corrected chi connectivity index (χ4v) is 2.21. The van der Waals surface area contributed by atoms with Gasteiger partial charge in [-0.05, 0) is 19.4 Å². The largest absolute Gasteiger partial charge is 0.352 e. The van der Waals surface area contributed by atoms with Gasteiger partial charge in [0, 0.05) is 17.8 Å². The van der Waals surface area contributed by atoms with Crippen LogP contribution in [0.3, 0.4) is 0 Å². The number of hydrogen-bond acceptors (Lipinski definition) is 5. The van der Waals surface area contributed by atoms with Gasteiger partial charge in [0.1, 0.15) is 5.69 Å². The minimum absolute atomic E-state index is 0.000910. The van der Waals surface area contributed by atoms with Gasteiger partial charge in [-0.1, -0.05) is 0 Å². The first-order valence-electron chi connectivity index (χ1n) is 5.91. The van der Waals surface area contributed by atoms with Crippen molar-refractivity contribution in [3.05, 3.63) is 16.1 Å². The van der Waals surface area contributed by atoms with E-state index in [1.165, 1.54) is 11.3 Å². The van der Waals surface area contributed by atoms with Gasteiger partial charge in [-0.2, -0.15) is 0 Å². The summed E-state index contributed by atoms with van der Waals surface area (Å²) in [5.41, 5.74) is 5.76. The van der Waals surface area contributed by atoms with E-state index in [0.717, 1.165) is 17.8 Å². The molecule has 0 spiro atoms. The topological polar surface area (TPSA) is 97.1 Å². The molecule has 0 aliphatic heterocycles. The lowest BCUT2D eigenvalue weighted by atomic mass is 10.4. The molecule has 4 N–H and O–H groups in total. The third-order valence-corrected chi connectivity index (χ3v) is 3.40. The Kier molecular flexibility index (Phi) is 4.27. The average molecular weight is 268 g/mol. The number of thiazole rings is 1. The molecule has 0 bridgehead atoms. The molecule has 1 aromatic rings. The number of nitrogens with one attached hydrogen (secondary N) is 2. The molecule has 6 nitrogen and oxygen atoms in total. The van der Waals surface area contributed by atoms with Crippen LogP contribution in [0.4, 0.5) is 0 Å². The van der Waals surface area contributed by atoms with E-state index in [0.29, 0.717) is 24.7 Å². The zero-order valence-corrected chi connectivity index (χ0v) is 10.8. The third-order valence-electron chi connectivity index (χ3n) is 2.49. The van der Waals surface area contributed by atoms with Crippen molar-refractivity contribution in [2.45, 2.75) is 25.3 Å². The molecule has 2 rings (SSSR count). The first-order chi connectivity index (χ1) is 8.69. The van der Waals surface area contributed by atoms with Crippen LogP contribution in [0.25, 0.3) is 0 Å². The number of carbonyl (C=O) groups is 2. The normalized spacial score (nSPS) is 14.3. The van der Waals surface area contributed by atoms with Crippen molar-refractivity contribution >= 4 is 23.2 Å². The van der Waals surface area contributed by atoms with Crippen molar-refractivity contribution in [1.29, 1.82) is 0 Å². The predicted molar refractivity (Wildman–Crippen MR) is 68.4 cm³/mol.